The lowest BCUT2D eigenvalue weighted by Crippen LogP contribution is -2.66. The van der Waals surface area contributed by atoms with Gasteiger partial charge in [0.2, 0.25) is 0 Å². The van der Waals surface area contributed by atoms with Crippen LogP contribution in [0.3, 0.4) is 0 Å². The molecule has 0 unspecified atom stereocenters. The van der Waals surface area contributed by atoms with Crippen LogP contribution in [-0.2, 0) is 9.53 Å². The van der Waals surface area contributed by atoms with Crippen molar-refractivity contribution < 1.29 is 29.6 Å². The van der Waals surface area contributed by atoms with Crippen molar-refractivity contribution >= 4 is 11.9 Å². The Bertz CT molecular complexity index is 1010. The minimum Gasteiger partial charge on any atom is -0.438 e. The standard InChI is InChI=1S/C28H41NO6/c1-15-12-27-16(2)10-19-20(26(19,5)6)18(22(27)32)11-17(13-30)21(31)28(27,34)23(15)35-24(33)29-9-7-8-25(3,4)14-29/h11-12,16,18-21,23,30-31,34H,7-10,13-14H2,1-6H3/t16-,18+,19-,20+,21-,23+,27+,28+/m1/s1. The van der Waals surface area contributed by atoms with Gasteiger partial charge in [-0.2, -0.15) is 0 Å². The topological polar surface area (TPSA) is 107 Å². The number of nitrogens with zero attached hydrogens (tertiary/aromatic N) is 1. The van der Waals surface area contributed by atoms with Crippen LogP contribution >= 0.6 is 0 Å². The third kappa shape index (κ3) is 3.20. The van der Waals surface area contributed by atoms with E-state index in [-0.39, 0.29) is 34.0 Å². The fourth-order valence-corrected chi connectivity index (χ4v) is 8.35. The maximum atomic E-state index is 14.4. The van der Waals surface area contributed by atoms with Gasteiger partial charge in [-0.1, -0.05) is 46.8 Å². The van der Waals surface area contributed by atoms with Crippen molar-refractivity contribution in [2.45, 2.75) is 78.6 Å². The van der Waals surface area contributed by atoms with Gasteiger partial charge in [0.15, 0.2) is 17.5 Å². The molecule has 1 heterocycles. The van der Waals surface area contributed by atoms with Crippen LogP contribution in [-0.4, -0.2) is 69.6 Å². The summed E-state index contributed by atoms with van der Waals surface area (Å²) in [5.74, 6) is -0.503. The third-order valence-corrected chi connectivity index (χ3v) is 10.3. The second kappa shape index (κ2) is 7.65. The van der Waals surface area contributed by atoms with Gasteiger partial charge >= 0.3 is 6.09 Å². The van der Waals surface area contributed by atoms with Gasteiger partial charge in [-0.05, 0) is 65.9 Å². The molecule has 7 nitrogen and oxygen atoms in total. The summed E-state index contributed by atoms with van der Waals surface area (Å²) in [6.45, 7) is 12.9. The molecule has 0 radical (unpaired) electrons. The van der Waals surface area contributed by atoms with E-state index in [1.807, 2.05) is 6.92 Å². The molecule has 1 amide bonds. The lowest BCUT2D eigenvalue weighted by atomic mass is 9.59. The Kier molecular flexibility index (Phi) is 5.46. The molecule has 1 spiro atoms. The van der Waals surface area contributed by atoms with Crippen molar-refractivity contribution in [3.63, 3.8) is 0 Å². The molecule has 2 saturated carbocycles. The van der Waals surface area contributed by atoms with Crippen LogP contribution in [0.15, 0.2) is 23.3 Å². The van der Waals surface area contributed by atoms with Crippen molar-refractivity contribution in [3.8, 4) is 0 Å². The first kappa shape index (κ1) is 25.0. The number of ketones is 1. The average Bonchev–Trinajstić information content (AvgIpc) is 3.27. The molecule has 5 rings (SSSR count). The predicted octanol–water partition coefficient (Wildman–Crippen LogP) is 3.08. The van der Waals surface area contributed by atoms with Gasteiger partial charge in [-0.25, -0.2) is 4.79 Å². The minimum atomic E-state index is -2.08. The van der Waals surface area contributed by atoms with E-state index in [4.69, 9.17) is 4.74 Å². The molecule has 1 aliphatic heterocycles. The predicted molar refractivity (Wildman–Crippen MR) is 130 cm³/mol. The molecular formula is C28H41NO6. The van der Waals surface area contributed by atoms with Crippen LogP contribution in [0.2, 0.25) is 0 Å². The van der Waals surface area contributed by atoms with E-state index in [0.717, 1.165) is 19.3 Å². The Hall–Kier alpha value is -1.70. The number of hydrogen-bond donors (Lipinski definition) is 3. The van der Waals surface area contributed by atoms with Crippen LogP contribution in [0.1, 0.15) is 60.8 Å². The van der Waals surface area contributed by atoms with E-state index >= 15 is 0 Å². The number of amides is 1. The van der Waals surface area contributed by atoms with E-state index in [1.165, 1.54) is 0 Å². The number of carbonyl (C=O) groups excluding carboxylic acids is 2. The number of ether oxygens (including phenoxy) is 1. The number of likely N-dealkylation sites (tertiary alicyclic amines) is 1. The van der Waals surface area contributed by atoms with Crippen molar-refractivity contribution in [1.82, 2.24) is 4.90 Å². The highest BCUT2D eigenvalue weighted by atomic mass is 16.6. The number of fused-ring (bicyclic) bond motifs is 3. The molecular weight excluding hydrogens is 446 g/mol. The molecule has 0 aromatic carbocycles. The molecule has 0 aromatic heterocycles. The summed E-state index contributed by atoms with van der Waals surface area (Å²) in [5, 5.41) is 34.3. The van der Waals surface area contributed by atoms with Gasteiger partial charge in [-0.3, -0.25) is 4.79 Å². The molecule has 2 bridgehead atoms. The number of carbonyl (C=O) groups is 2. The molecule has 0 aromatic rings. The Balaban J connectivity index is 1.57. The van der Waals surface area contributed by atoms with Gasteiger partial charge in [0.25, 0.3) is 0 Å². The summed E-state index contributed by atoms with van der Waals surface area (Å²) in [6, 6.07) is 0. The second-order valence-corrected chi connectivity index (χ2v) is 13.3. The van der Waals surface area contributed by atoms with E-state index in [0.29, 0.717) is 24.6 Å². The van der Waals surface area contributed by atoms with Crippen LogP contribution in [0.5, 0.6) is 0 Å². The summed E-state index contributed by atoms with van der Waals surface area (Å²) in [6.07, 6.45) is 2.84. The number of aliphatic hydroxyl groups is 3. The normalized spacial score (nSPS) is 45.4. The Morgan fingerprint density at radius 2 is 1.94 bits per heavy atom. The van der Waals surface area contributed by atoms with Crippen LogP contribution in [0, 0.1) is 39.9 Å². The number of hydrogen-bond acceptors (Lipinski definition) is 6. The lowest BCUT2D eigenvalue weighted by Gasteiger charge is -2.49. The van der Waals surface area contributed by atoms with Gasteiger partial charge in [0.05, 0.1) is 12.0 Å². The molecule has 8 atom stereocenters. The number of Topliss-reactive ketones (excluding diaryl/α,β-unsaturated/α-hetero) is 1. The monoisotopic (exact) mass is 487 g/mol. The number of allylic oxidation sites excluding steroid dienone is 1. The SMILES string of the molecule is CC1=C[C@]23C(=O)[C@@H](C=C(CO)[C@@H](O)[C@]2(O)[C@H]1OC(=O)N1CCCC(C)(C)C1)[C@H]1[C@@H](C[C@H]3C)C1(C)C. The Labute approximate surface area is 208 Å². The molecule has 1 saturated heterocycles. The molecule has 3 N–H and O–H groups in total. The first-order valence-corrected chi connectivity index (χ1v) is 13.1. The van der Waals surface area contributed by atoms with Crippen molar-refractivity contribution in [1.29, 1.82) is 0 Å². The largest absolute Gasteiger partial charge is 0.438 e. The summed E-state index contributed by atoms with van der Waals surface area (Å²) < 4.78 is 6.00. The van der Waals surface area contributed by atoms with Crippen LogP contribution < -0.4 is 0 Å². The fourth-order valence-electron chi connectivity index (χ4n) is 8.35. The van der Waals surface area contributed by atoms with Crippen LogP contribution in [0.25, 0.3) is 0 Å². The first-order chi connectivity index (χ1) is 16.2. The van der Waals surface area contributed by atoms with Gasteiger partial charge in [0, 0.05) is 19.0 Å². The van der Waals surface area contributed by atoms with Gasteiger partial charge in [0.1, 0.15) is 6.10 Å². The Morgan fingerprint density at radius 1 is 1.26 bits per heavy atom. The highest BCUT2D eigenvalue weighted by molar-refractivity contribution is 5.95. The zero-order chi connectivity index (χ0) is 25.7. The van der Waals surface area contributed by atoms with Crippen LogP contribution in [0.4, 0.5) is 4.79 Å². The fraction of sp³-hybridized carbons (Fsp3) is 0.786. The van der Waals surface area contributed by atoms with Gasteiger partial charge < -0.3 is 25.0 Å². The maximum absolute atomic E-state index is 14.4. The zero-order valence-corrected chi connectivity index (χ0v) is 21.9. The zero-order valence-electron chi connectivity index (χ0n) is 21.9. The maximum Gasteiger partial charge on any atom is 0.410 e. The van der Waals surface area contributed by atoms with Crippen molar-refractivity contribution in [2.75, 3.05) is 19.7 Å². The summed E-state index contributed by atoms with van der Waals surface area (Å²) in [4.78, 5) is 29.4. The first-order valence-electron chi connectivity index (χ1n) is 13.1. The Morgan fingerprint density at radius 3 is 2.57 bits per heavy atom. The average molecular weight is 488 g/mol. The number of piperidine rings is 1. The molecule has 4 aliphatic carbocycles. The molecule has 35 heavy (non-hydrogen) atoms. The van der Waals surface area contributed by atoms with Crippen molar-refractivity contribution in [2.24, 2.45) is 39.9 Å². The summed E-state index contributed by atoms with van der Waals surface area (Å²) in [5.41, 5.74) is -2.73. The summed E-state index contributed by atoms with van der Waals surface area (Å²) >= 11 is 0. The molecule has 194 valence electrons. The summed E-state index contributed by atoms with van der Waals surface area (Å²) in [7, 11) is 0. The van der Waals surface area contributed by atoms with E-state index < -0.39 is 41.8 Å². The molecule has 7 heteroatoms. The molecule has 3 fully saturated rings. The lowest BCUT2D eigenvalue weighted by molar-refractivity contribution is -0.191. The highest BCUT2D eigenvalue weighted by Crippen LogP contribution is 2.71. The van der Waals surface area contributed by atoms with E-state index in [1.54, 1.807) is 24.0 Å². The smallest absolute Gasteiger partial charge is 0.410 e. The highest BCUT2D eigenvalue weighted by Gasteiger charge is 2.76. The van der Waals surface area contributed by atoms with E-state index in [9.17, 15) is 24.9 Å². The minimum absolute atomic E-state index is 0.0229. The van der Waals surface area contributed by atoms with E-state index in [2.05, 4.69) is 27.7 Å². The van der Waals surface area contributed by atoms with Gasteiger partial charge in [-0.15, -0.1) is 0 Å². The molecule has 5 aliphatic rings. The third-order valence-electron chi connectivity index (χ3n) is 10.3. The van der Waals surface area contributed by atoms with Crippen molar-refractivity contribution in [3.05, 3.63) is 23.3 Å². The number of rotatable bonds is 2. The number of aliphatic hydroxyl groups excluding tert-OH is 2. The quantitative estimate of drug-likeness (QED) is 0.517. The second-order valence-electron chi connectivity index (χ2n) is 13.3.